The molecule has 0 aliphatic carbocycles. The Morgan fingerprint density at radius 1 is 1.40 bits per heavy atom. The first kappa shape index (κ1) is 16.5. The molecule has 0 bridgehead atoms. The summed E-state index contributed by atoms with van der Waals surface area (Å²) >= 11 is 11.9. The van der Waals surface area contributed by atoms with Gasteiger partial charge in [-0.1, -0.05) is 23.2 Å². The lowest BCUT2D eigenvalue weighted by molar-refractivity contribution is -0.384. The van der Waals surface area contributed by atoms with Crippen molar-refractivity contribution < 1.29 is 14.5 Å². The molecule has 1 aromatic carbocycles. The van der Waals surface area contributed by atoms with Crippen LogP contribution < -0.4 is 5.32 Å². The molecule has 110 valence electrons. The number of nitro groups is 1. The number of esters is 1. The van der Waals surface area contributed by atoms with E-state index < -0.39 is 10.3 Å². The lowest BCUT2D eigenvalue weighted by atomic mass is 9.93. The molecule has 20 heavy (non-hydrogen) atoms. The third-order valence-corrected chi connectivity index (χ3v) is 3.28. The number of ether oxygens (including phenoxy) is 1. The number of anilines is 1. The minimum Gasteiger partial charge on any atom is -0.469 e. The van der Waals surface area contributed by atoms with Crippen LogP contribution >= 0.6 is 23.2 Å². The second kappa shape index (κ2) is 6.28. The van der Waals surface area contributed by atoms with Gasteiger partial charge in [0.1, 0.15) is 0 Å². The average Bonchev–Trinajstić information content (AvgIpc) is 2.36. The Balaban J connectivity index is 2.94. The number of methoxy groups -OCH3 is 1. The molecule has 0 spiro atoms. The fourth-order valence-corrected chi connectivity index (χ4v) is 2.10. The monoisotopic (exact) mass is 320 g/mol. The molecule has 6 nitrogen and oxygen atoms in total. The van der Waals surface area contributed by atoms with Crippen LogP contribution in [-0.2, 0) is 9.53 Å². The van der Waals surface area contributed by atoms with Crippen molar-refractivity contribution in [1.29, 1.82) is 0 Å². The fraction of sp³-hybridized carbons (Fsp3) is 0.417. The number of benzene rings is 1. The fourth-order valence-electron chi connectivity index (χ4n) is 1.49. The largest absolute Gasteiger partial charge is 0.469 e. The van der Waals surface area contributed by atoms with E-state index >= 15 is 0 Å². The van der Waals surface area contributed by atoms with E-state index in [1.165, 1.54) is 19.2 Å². The summed E-state index contributed by atoms with van der Waals surface area (Å²) in [4.78, 5) is 21.6. The van der Waals surface area contributed by atoms with Gasteiger partial charge in [0, 0.05) is 18.7 Å². The van der Waals surface area contributed by atoms with E-state index in [2.05, 4.69) is 10.1 Å². The number of nitro benzene ring substituents is 1. The second-order valence-corrected chi connectivity index (χ2v) is 5.58. The molecular formula is C12H14Cl2N2O4. The van der Waals surface area contributed by atoms with Crippen molar-refractivity contribution in [2.45, 2.75) is 13.8 Å². The third-order valence-electron chi connectivity index (χ3n) is 2.68. The van der Waals surface area contributed by atoms with E-state index in [0.29, 0.717) is 5.69 Å². The molecule has 0 radical (unpaired) electrons. The molecule has 0 aliphatic rings. The highest BCUT2D eigenvalue weighted by Crippen LogP contribution is 2.35. The molecule has 0 saturated heterocycles. The topological polar surface area (TPSA) is 81.5 Å². The molecule has 0 saturated carbocycles. The van der Waals surface area contributed by atoms with Crippen molar-refractivity contribution in [3.8, 4) is 0 Å². The Morgan fingerprint density at radius 2 is 1.90 bits per heavy atom. The van der Waals surface area contributed by atoms with Crippen molar-refractivity contribution in [3.63, 3.8) is 0 Å². The Labute approximate surface area is 126 Å². The highest BCUT2D eigenvalue weighted by atomic mass is 35.5. The summed E-state index contributed by atoms with van der Waals surface area (Å²) in [5, 5.41) is 13.8. The minimum atomic E-state index is -0.789. The van der Waals surface area contributed by atoms with Gasteiger partial charge in [-0.25, -0.2) is 0 Å². The minimum absolute atomic E-state index is 0.116. The van der Waals surface area contributed by atoms with Gasteiger partial charge in [0.2, 0.25) is 0 Å². The number of hydrogen-bond acceptors (Lipinski definition) is 5. The second-order valence-electron chi connectivity index (χ2n) is 4.77. The predicted octanol–water partition coefficient (Wildman–Crippen LogP) is 3.51. The van der Waals surface area contributed by atoms with Crippen LogP contribution in [0.4, 0.5) is 11.4 Å². The number of carbonyl (C=O) groups is 1. The summed E-state index contributed by atoms with van der Waals surface area (Å²) in [6.07, 6.45) is 0. The third kappa shape index (κ3) is 3.74. The summed E-state index contributed by atoms with van der Waals surface area (Å²) in [6.45, 7) is 3.61. The highest BCUT2D eigenvalue weighted by molar-refractivity contribution is 6.39. The van der Waals surface area contributed by atoms with Gasteiger partial charge in [0.25, 0.3) is 5.69 Å². The highest BCUT2D eigenvalue weighted by Gasteiger charge is 2.29. The zero-order chi connectivity index (χ0) is 15.5. The van der Waals surface area contributed by atoms with Gasteiger partial charge in [-0.2, -0.15) is 0 Å². The first-order chi connectivity index (χ1) is 9.19. The molecule has 0 atom stereocenters. The molecule has 0 aliphatic heterocycles. The summed E-state index contributed by atoms with van der Waals surface area (Å²) in [5.74, 6) is -0.390. The lowest BCUT2D eigenvalue weighted by Gasteiger charge is -2.23. The first-order valence-electron chi connectivity index (χ1n) is 5.65. The van der Waals surface area contributed by atoms with Crippen LogP contribution in [0.15, 0.2) is 12.1 Å². The molecule has 0 heterocycles. The van der Waals surface area contributed by atoms with E-state index in [4.69, 9.17) is 23.2 Å². The van der Waals surface area contributed by atoms with Crippen LogP contribution in [0.25, 0.3) is 0 Å². The zero-order valence-corrected chi connectivity index (χ0v) is 12.7. The standard InChI is InChI=1S/C12H14Cl2N2O4/c1-12(2,11(17)20-3)6-15-10-8(13)4-7(16(18)19)5-9(10)14/h4-5,15H,6H2,1-3H3. The van der Waals surface area contributed by atoms with E-state index in [0.717, 1.165) is 0 Å². The smallest absolute Gasteiger partial charge is 0.313 e. The van der Waals surface area contributed by atoms with Gasteiger partial charge >= 0.3 is 5.97 Å². The van der Waals surface area contributed by atoms with Crippen molar-refractivity contribution >= 4 is 40.5 Å². The van der Waals surface area contributed by atoms with Gasteiger partial charge < -0.3 is 10.1 Å². The molecule has 0 unspecified atom stereocenters. The number of rotatable bonds is 5. The summed E-state index contributed by atoms with van der Waals surface area (Å²) < 4.78 is 4.68. The SMILES string of the molecule is COC(=O)C(C)(C)CNc1c(Cl)cc([N+](=O)[O-])cc1Cl. The maximum Gasteiger partial charge on any atom is 0.313 e. The average molecular weight is 321 g/mol. The summed E-state index contributed by atoms with van der Waals surface area (Å²) in [6, 6.07) is 2.39. The van der Waals surface area contributed by atoms with Gasteiger partial charge in [-0.15, -0.1) is 0 Å². The maximum absolute atomic E-state index is 11.6. The number of non-ortho nitro benzene ring substituents is 1. The van der Waals surface area contributed by atoms with Crippen molar-refractivity contribution in [1.82, 2.24) is 0 Å². The van der Waals surface area contributed by atoms with Crippen molar-refractivity contribution in [3.05, 3.63) is 32.3 Å². The summed E-state index contributed by atoms with van der Waals surface area (Å²) in [7, 11) is 1.30. The number of nitrogens with zero attached hydrogens (tertiary/aromatic N) is 1. The Morgan fingerprint density at radius 3 is 2.30 bits per heavy atom. The molecule has 1 N–H and O–H groups in total. The molecule has 0 fully saturated rings. The molecule has 0 aromatic heterocycles. The van der Waals surface area contributed by atoms with E-state index in [1.54, 1.807) is 13.8 Å². The van der Waals surface area contributed by atoms with Crippen molar-refractivity contribution in [2.75, 3.05) is 19.0 Å². The lowest BCUT2D eigenvalue weighted by Crippen LogP contribution is -2.33. The van der Waals surface area contributed by atoms with Crippen LogP contribution in [0, 0.1) is 15.5 Å². The van der Waals surface area contributed by atoms with Crippen LogP contribution in [0.3, 0.4) is 0 Å². The first-order valence-corrected chi connectivity index (χ1v) is 6.40. The van der Waals surface area contributed by atoms with Gasteiger partial charge in [0.15, 0.2) is 0 Å². The Kier molecular flexibility index (Phi) is 5.19. The van der Waals surface area contributed by atoms with Crippen molar-refractivity contribution in [2.24, 2.45) is 5.41 Å². The van der Waals surface area contributed by atoms with E-state index in [1.807, 2.05) is 0 Å². The maximum atomic E-state index is 11.6. The number of hydrogen-bond donors (Lipinski definition) is 1. The predicted molar refractivity (Wildman–Crippen MR) is 77.4 cm³/mol. The Bertz CT molecular complexity index is 523. The summed E-state index contributed by atoms with van der Waals surface area (Å²) in [5.41, 5.74) is -0.642. The molecule has 1 rings (SSSR count). The van der Waals surface area contributed by atoms with Crippen LogP contribution in [0.2, 0.25) is 10.0 Å². The van der Waals surface area contributed by atoms with E-state index in [9.17, 15) is 14.9 Å². The zero-order valence-electron chi connectivity index (χ0n) is 11.2. The van der Waals surface area contributed by atoms with Crippen LogP contribution in [0.1, 0.15) is 13.8 Å². The van der Waals surface area contributed by atoms with Crippen LogP contribution in [0.5, 0.6) is 0 Å². The molecule has 8 heteroatoms. The quantitative estimate of drug-likeness (QED) is 0.510. The normalized spacial score (nSPS) is 11.1. The number of nitrogens with one attached hydrogen (secondary N) is 1. The number of carbonyl (C=O) groups excluding carboxylic acids is 1. The van der Waals surface area contributed by atoms with Gasteiger partial charge in [0.05, 0.1) is 33.2 Å². The van der Waals surface area contributed by atoms with E-state index in [-0.39, 0.29) is 28.2 Å². The molecule has 1 aromatic rings. The Hall–Kier alpha value is -1.53. The van der Waals surface area contributed by atoms with Gasteiger partial charge in [-0.3, -0.25) is 14.9 Å². The molecule has 0 amide bonds. The molecular weight excluding hydrogens is 307 g/mol. The van der Waals surface area contributed by atoms with Crippen LogP contribution in [-0.4, -0.2) is 24.5 Å². The van der Waals surface area contributed by atoms with Gasteiger partial charge in [-0.05, 0) is 13.8 Å². The number of halogens is 2.